The van der Waals surface area contributed by atoms with Gasteiger partial charge in [0.1, 0.15) is 5.75 Å². The molecule has 1 amide bonds. The van der Waals surface area contributed by atoms with Crippen LogP contribution in [0.15, 0.2) is 30.9 Å². The van der Waals surface area contributed by atoms with Crippen LogP contribution in [0.5, 0.6) is 5.75 Å². The molecule has 0 saturated carbocycles. The van der Waals surface area contributed by atoms with Crippen molar-refractivity contribution in [2.24, 2.45) is 0 Å². The van der Waals surface area contributed by atoms with Crippen LogP contribution in [0.3, 0.4) is 0 Å². The van der Waals surface area contributed by atoms with Crippen molar-refractivity contribution in [1.29, 1.82) is 0 Å². The molecule has 1 unspecified atom stereocenters. The Hall–Kier alpha value is -1.81. The molecule has 4 nitrogen and oxygen atoms in total. The summed E-state index contributed by atoms with van der Waals surface area (Å²) in [6, 6.07) is 5.98. The summed E-state index contributed by atoms with van der Waals surface area (Å²) in [4.78, 5) is 12.9. The summed E-state index contributed by atoms with van der Waals surface area (Å²) < 4.78 is 10.8. The molecular formula is C15H19NO3. The lowest BCUT2D eigenvalue weighted by Gasteiger charge is -2.33. The van der Waals surface area contributed by atoms with Crippen LogP contribution < -0.4 is 4.74 Å². The number of hydrogen-bond acceptors (Lipinski definition) is 3. The Bertz CT molecular complexity index is 459. The molecule has 1 aromatic rings. The quantitative estimate of drug-likeness (QED) is 0.600. The van der Waals surface area contributed by atoms with Gasteiger partial charge in [0.25, 0.3) is 0 Å². The van der Waals surface area contributed by atoms with Gasteiger partial charge in [-0.15, -0.1) is 6.58 Å². The second-order valence-corrected chi connectivity index (χ2v) is 4.50. The van der Waals surface area contributed by atoms with Gasteiger partial charge in [-0.25, -0.2) is 0 Å². The third-order valence-corrected chi connectivity index (χ3v) is 3.36. The standard InChI is InChI=1S/C15H19NO3/c1-3-4-13-9-12(5-6-15(13)18-2)14-10-19-8-7-16(14)11-17/h3,5-6,9,11,14H,1,4,7-8,10H2,2H3. The minimum absolute atomic E-state index is 0.0132. The minimum atomic E-state index is -0.0132. The van der Waals surface area contributed by atoms with Crippen LogP contribution in [0.2, 0.25) is 0 Å². The lowest BCUT2D eigenvalue weighted by atomic mass is 10.0. The van der Waals surface area contributed by atoms with E-state index in [4.69, 9.17) is 9.47 Å². The van der Waals surface area contributed by atoms with Gasteiger partial charge in [-0.1, -0.05) is 12.1 Å². The van der Waals surface area contributed by atoms with Crippen molar-refractivity contribution < 1.29 is 14.3 Å². The number of benzene rings is 1. The summed E-state index contributed by atoms with van der Waals surface area (Å²) >= 11 is 0. The molecule has 4 heteroatoms. The zero-order valence-corrected chi connectivity index (χ0v) is 11.2. The van der Waals surface area contributed by atoms with E-state index >= 15 is 0 Å². The summed E-state index contributed by atoms with van der Waals surface area (Å²) in [5, 5.41) is 0. The summed E-state index contributed by atoms with van der Waals surface area (Å²) in [7, 11) is 1.66. The zero-order chi connectivity index (χ0) is 13.7. The van der Waals surface area contributed by atoms with Crippen molar-refractivity contribution in [2.45, 2.75) is 12.5 Å². The summed E-state index contributed by atoms with van der Waals surface area (Å²) in [5.74, 6) is 0.845. The molecule has 1 heterocycles. The largest absolute Gasteiger partial charge is 0.496 e. The molecule has 1 saturated heterocycles. The Balaban J connectivity index is 2.30. The number of rotatable bonds is 5. The van der Waals surface area contributed by atoms with Gasteiger partial charge in [0.15, 0.2) is 0 Å². The molecule has 0 bridgehead atoms. The highest BCUT2D eigenvalue weighted by Gasteiger charge is 2.23. The minimum Gasteiger partial charge on any atom is -0.496 e. The van der Waals surface area contributed by atoms with Crippen molar-refractivity contribution >= 4 is 6.41 Å². The Morgan fingerprint density at radius 1 is 1.58 bits per heavy atom. The lowest BCUT2D eigenvalue weighted by Crippen LogP contribution is -2.38. The number of ether oxygens (including phenoxy) is 2. The maximum absolute atomic E-state index is 11.1. The molecule has 0 spiro atoms. The van der Waals surface area contributed by atoms with Crippen molar-refractivity contribution in [3.05, 3.63) is 42.0 Å². The number of carbonyl (C=O) groups excluding carboxylic acids is 1. The molecule has 1 aromatic carbocycles. The molecule has 0 radical (unpaired) electrons. The normalized spacial score (nSPS) is 19.0. The van der Waals surface area contributed by atoms with Gasteiger partial charge in [-0.05, 0) is 29.7 Å². The summed E-state index contributed by atoms with van der Waals surface area (Å²) in [5.41, 5.74) is 2.15. The highest BCUT2D eigenvalue weighted by atomic mass is 16.5. The zero-order valence-electron chi connectivity index (χ0n) is 11.2. The number of carbonyl (C=O) groups is 1. The van der Waals surface area contributed by atoms with Crippen LogP contribution in [0.4, 0.5) is 0 Å². The van der Waals surface area contributed by atoms with Gasteiger partial charge in [0, 0.05) is 6.54 Å². The molecule has 1 fully saturated rings. The van der Waals surface area contributed by atoms with Crippen LogP contribution in [0.25, 0.3) is 0 Å². The number of nitrogens with zero attached hydrogens (tertiary/aromatic N) is 1. The number of hydrogen-bond donors (Lipinski definition) is 0. The summed E-state index contributed by atoms with van der Waals surface area (Å²) in [6.45, 7) is 5.54. The first-order valence-corrected chi connectivity index (χ1v) is 6.36. The van der Waals surface area contributed by atoms with E-state index < -0.39 is 0 Å². The number of methoxy groups -OCH3 is 1. The fraction of sp³-hybridized carbons (Fsp3) is 0.400. The number of morpholine rings is 1. The summed E-state index contributed by atoms with van der Waals surface area (Å²) in [6.07, 6.45) is 3.48. The van der Waals surface area contributed by atoms with E-state index in [0.29, 0.717) is 19.8 Å². The van der Waals surface area contributed by atoms with Crippen LogP contribution in [-0.2, 0) is 16.0 Å². The molecule has 0 N–H and O–H groups in total. The number of amides is 1. The molecule has 0 aliphatic carbocycles. The topological polar surface area (TPSA) is 38.8 Å². The van der Waals surface area contributed by atoms with E-state index in [0.717, 1.165) is 29.7 Å². The fourth-order valence-corrected chi connectivity index (χ4v) is 2.35. The lowest BCUT2D eigenvalue weighted by molar-refractivity contribution is -0.126. The second-order valence-electron chi connectivity index (χ2n) is 4.50. The van der Waals surface area contributed by atoms with Crippen LogP contribution in [0.1, 0.15) is 17.2 Å². The van der Waals surface area contributed by atoms with E-state index in [-0.39, 0.29) is 6.04 Å². The maximum Gasteiger partial charge on any atom is 0.210 e. The fourth-order valence-electron chi connectivity index (χ4n) is 2.35. The van der Waals surface area contributed by atoms with Crippen molar-refractivity contribution in [3.63, 3.8) is 0 Å². The molecule has 0 aromatic heterocycles. The Morgan fingerprint density at radius 3 is 3.11 bits per heavy atom. The first kappa shape index (κ1) is 13.6. The SMILES string of the molecule is C=CCc1cc(C2COCCN2C=O)ccc1OC. The van der Waals surface area contributed by atoms with Crippen molar-refractivity contribution in [2.75, 3.05) is 26.9 Å². The highest BCUT2D eigenvalue weighted by Crippen LogP contribution is 2.28. The van der Waals surface area contributed by atoms with Crippen LogP contribution in [0, 0.1) is 0 Å². The van der Waals surface area contributed by atoms with Crippen molar-refractivity contribution in [1.82, 2.24) is 4.90 Å². The number of allylic oxidation sites excluding steroid dienone is 1. The van der Waals surface area contributed by atoms with Gasteiger partial charge in [-0.2, -0.15) is 0 Å². The monoisotopic (exact) mass is 261 g/mol. The molecule has 2 rings (SSSR count). The second kappa shape index (κ2) is 6.38. The predicted octanol–water partition coefficient (Wildman–Crippen LogP) is 1.95. The van der Waals surface area contributed by atoms with Crippen molar-refractivity contribution in [3.8, 4) is 5.75 Å². The molecule has 102 valence electrons. The Morgan fingerprint density at radius 2 is 2.42 bits per heavy atom. The third kappa shape index (κ3) is 2.96. The van der Waals surface area contributed by atoms with Gasteiger partial charge < -0.3 is 14.4 Å². The van der Waals surface area contributed by atoms with E-state index in [1.54, 1.807) is 12.0 Å². The smallest absolute Gasteiger partial charge is 0.210 e. The first-order valence-electron chi connectivity index (χ1n) is 6.36. The Labute approximate surface area is 113 Å². The van der Waals surface area contributed by atoms with Gasteiger partial charge in [0.05, 0.1) is 26.4 Å². The molecule has 1 aliphatic heterocycles. The average Bonchev–Trinajstić information content (AvgIpc) is 2.47. The van der Waals surface area contributed by atoms with Gasteiger partial charge >= 0.3 is 0 Å². The molecule has 1 atom stereocenters. The molecule has 1 aliphatic rings. The van der Waals surface area contributed by atoms with Crippen LogP contribution in [-0.4, -0.2) is 38.2 Å². The predicted molar refractivity (Wildman–Crippen MR) is 73.2 cm³/mol. The molecular weight excluding hydrogens is 242 g/mol. The molecule has 19 heavy (non-hydrogen) atoms. The van der Waals surface area contributed by atoms with E-state index in [2.05, 4.69) is 12.6 Å². The maximum atomic E-state index is 11.1. The van der Waals surface area contributed by atoms with Gasteiger partial charge in [0.2, 0.25) is 6.41 Å². The average molecular weight is 261 g/mol. The third-order valence-electron chi connectivity index (χ3n) is 3.36. The van der Waals surface area contributed by atoms with E-state index in [1.165, 1.54) is 0 Å². The van der Waals surface area contributed by atoms with E-state index in [9.17, 15) is 4.79 Å². The van der Waals surface area contributed by atoms with Crippen LogP contribution >= 0.6 is 0 Å². The first-order chi connectivity index (χ1) is 9.30. The highest BCUT2D eigenvalue weighted by molar-refractivity contribution is 5.50. The Kier molecular flexibility index (Phi) is 4.58. The van der Waals surface area contributed by atoms with E-state index in [1.807, 2.05) is 18.2 Å². The van der Waals surface area contributed by atoms with Gasteiger partial charge in [-0.3, -0.25) is 4.79 Å².